The maximum absolute atomic E-state index is 13.3. The van der Waals surface area contributed by atoms with Gasteiger partial charge in [-0.05, 0) is 61.4 Å². The smallest absolute Gasteiger partial charge is 0.153 e. The van der Waals surface area contributed by atoms with Crippen LogP contribution in [0.2, 0.25) is 10.0 Å². The Morgan fingerprint density at radius 3 is 2.63 bits per heavy atom. The molecule has 0 aliphatic heterocycles. The third kappa shape index (κ3) is 5.73. The van der Waals surface area contributed by atoms with Crippen LogP contribution in [-0.2, 0) is 11.3 Å². The molecule has 0 bridgehead atoms. The highest BCUT2D eigenvalue weighted by atomic mass is 35.5. The number of hydrogen-bond acceptors (Lipinski definition) is 5. The average molecular weight is 465 g/mol. The van der Waals surface area contributed by atoms with Gasteiger partial charge in [-0.15, -0.1) is 0 Å². The summed E-state index contributed by atoms with van der Waals surface area (Å²) in [5, 5.41) is 10.0. The fraction of sp³-hybridized carbons (Fsp3) is 0.455. The van der Waals surface area contributed by atoms with E-state index < -0.39 is 0 Å². The zero-order valence-corrected chi connectivity index (χ0v) is 19.2. The van der Waals surface area contributed by atoms with E-state index in [0.717, 1.165) is 30.6 Å². The van der Waals surface area contributed by atoms with Crippen molar-refractivity contribution in [3.05, 3.63) is 46.2 Å². The van der Waals surface area contributed by atoms with Crippen LogP contribution in [-0.4, -0.2) is 16.4 Å². The Morgan fingerprint density at radius 2 is 2.00 bits per heavy atom. The molecule has 0 radical (unpaired) electrons. The first-order valence-electron chi connectivity index (χ1n) is 10.1. The summed E-state index contributed by atoms with van der Waals surface area (Å²) in [4.78, 5) is 14.1. The Hall–Kier alpha value is -1.65. The highest BCUT2D eigenvalue weighted by Crippen LogP contribution is 2.34. The number of anilines is 1. The Bertz CT molecular complexity index is 908. The number of Topliss-reactive ketones (excluding diaryl/α,β-unsaturated/α-hetero) is 1. The van der Waals surface area contributed by atoms with Crippen LogP contribution < -0.4 is 10.5 Å². The van der Waals surface area contributed by atoms with Crippen LogP contribution in [0.4, 0.5) is 5.69 Å². The quantitative estimate of drug-likeness (QED) is 0.386. The topological polar surface area (TPSA) is 83.8 Å². The standard InChI is InChI=1S/C22H26Cl2N4OS/c1-14-4-6-15(7-5-14)22(29)20(8-10-28-9-2-3-16(28)13-25)27-30-17-11-18(23)21(26)19(24)12-17/h2-3,9,11-12,14-15,20,27H,4-8,10,26H2,1H3. The van der Waals surface area contributed by atoms with E-state index in [0.29, 0.717) is 40.3 Å². The van der Waals surface area contributed by atoms with Gasteiger partial charge in [-0.3, -0.25) is 4.79 Å². The molecule has 0 spiro atoms. The normalized spacial score (nSPS) is 19.9. The molecule has 1 heterocycles. The summed E-state index contributed by atoms with van der Waals surface area (Å²) in [7, 11) is 0. The predicted molar refractivity (Wildman–Crippen MR) is 124 cm³/mol. The molecule has 0 saturated heterocycles. The van der Waals surface area contributed by atoms with E-state index in [1.807, 2.05) is 16.8 Å². The van der Waals surface area contributed by atoms with Crippen molar-refractivity contribution in [1.82, 2.24) is 9.29 Å². The number of nitrogens with zero attached hydrogens (tertiary/aromatic N) is 2. The van der Waals surface area contributed by atoms with Crippen LogP contribution in [0.1, 0.15) is 44.7 Å². The number of nitrogens with two attached hydrogens (primary N) is 1. The maximum Gasteiger partial charge on any atom is 0.153 e. The van der Waals surface area contributed by atoms with Gasteiger partial charge < -0.3 is 10.3 Å². The number of nitriles is 1. The molecule has 1 aromatic carbocycles. The Kier molecular flexibility index (Phi) is 8.13. The first kappa shape index (κ1) is 23.0. The minimum Gasteiger partial charge on any atom is -0.396 e. The van der Waals surface area contributed by atoms with Crippen LogP contribution in [0.25, 0.3) is 0 Å². The predicted octanol–water partition coefficient (Wildman–Crippen LogP) is 5.70. The summed E-state index contributed by atoms with van der Waals surface area (Å²) in [5.74, 6) is 1.01. The van der Waals surface area contributed by atoms with Crippen LogP contribution in [0.3, 0.4) is 0 Å². The number of hydrogen-bond donors (Lipinski definition) is 2. The molecule has 1 atom stereocenters. The summed E-state index contributed by atoms with van der Waals surface area (Å²) >= 11 is 13.6. The molecule has 1 aliphatic carbocycles. The second-order valence-electron chi connectivity index (χ2n) is 7.92. The van der Waals surface area contributed by atoms with E-state index >= 15 is 0 Å². The van der Waals surface area contributed by atoms with Crippen molar-refractivity contribution in [1.29, 1.82) is 5.26 Å². The van der Waals surface area contributed by atoms with Crippen molar-refractivity contribution in [2.45, 2.75) is 56.5 Å². The average Bonchev–Trinajstić information content (AvgIpc) is 3.19. The van der Waals surface area contributed by atoms with E-state index in [9.17, 15) is 10.1 Å². The SMILES string of the molecule is CC1CCC(C(=O)C(CCn2cccc2C#N)NSc2cc(Cl)c(N)c(Cl)c2)CC1. The molecule has 1 saturated carbocycles. The number of rotatable bonds is 8. The number of halogens is 2. The van der Waals surface area contributed by atoms with Crippen LogP contribution in [0.5, 0.6) is 0 Å². The molecule has 0 amide bonds. The molecule has 1 unspecified atom stereocenters. The van der Waals surface area contributed by atoms with Crippen molar-refractivity contribution < 1.29 is 4.79 Å². The lowest BCUT2D eigenvalue weighted by atomic mass is 9.79. The zero-order valence-electron chi connectivity index (χ0n) is 16.9. The van der Waals surface area contributed by atoms with Gasteiger partial charge in [0.15, 0.2) is 5.78 Å². The zero-order chi connectivity index (χ0) is 21.7. The van der Waals surface area contributed by atoms with Gasteiger partial charge >= 0.3 is 0 Å². The minimum absolute atomic E-state index is 0.0815. The van der Waals surface area contributed by atoms with Crippen molar-refractivity contribution in [3.8, 4) is 6.07 Å². The van der Waals surface area contributed by atoms with Gasteiger partial charge in [0.25, 0.3) is 0 Å². The van der Waals surface area contributed by atoms with E-state index in [4.69, 9.17) is 28.9 Å². The lowest BCUT2D eigenvalue weighted by molar-refractivity contribution is -0.125. The van der Waals surface area contributed by atoms with Crippen LogP contribution in [0, 0.1) is 23.2 Å². The van der Waals surface area contributed by atoms with Crippen molar-refractivity contribution in [3.63, 3.8) is 0 Å². The van der Waals surface area contributed by atoms with Gasteiger partial charge in [-0.25, -0.2) is 4.72 Å². The second-order valence-corrected chi connectivity index (χ2v) is 9.65. The summed E-state index contributed by atoms with van der Waals surface area (Å²) in [6.07, 6.45) is 6.53. The Morgan fingerprint density at radius 1 is 1.33 bits per heavy atom. The highest BCUT2D eigenvalue weighted by Gasteiger charge is 2.30. The molecule has 5 nitrogen and oxygen atoms in total. The fourth-order valence-electron chi connectivity index (χ4n) is 3.83. The molecule has 1 aliphatic rings. The number of nitrogen functional groups attached to an aromatic ring is 1. The third-order valence-electron chi connectivity index (χ3n) is 5.74. The number of carbonyl (C=O) groups is 1. The molecule has 1 fully saturated rings. The summed E-state index contributed by atoms with van der Waals surface area (Å²) in [5.41, 5.74) is 6.76. The number of aryl methyl sites for hydroxylation is 1. The van der Waals surface area contributed by atoms with Gasteiger partial charge in [-0.2, -0.15) is 5.26 Å². The summed E-state index contributed by atoms with van der Waals surface area (Å²) in [6.45, 7) is 2.84. The fourth-order valence-corrected chi connectivity index (χ4v) is 5.31. The summed E-state index contributed by atoms with van der Waals surface area (Å²) in [6, 6.07) is 8.95. The molecule has 3 rings (SSSR count). The van der Waals surface area contributed by atoms with Crippen LogP contribution in [0.15, 0.2) is 35.4 Å². The number of carbonyl (C=O) groups excluding carboxylic acids is 1. The monoisotopic (exact) mass is 464 g/mol. The number of ketones is 1. The molecule has 2 aromatic rings. The Labute approximate surface area is 192 Å². The van der Waals surface area contributed by atoms with E-state index in [1.54, 1.807) is 18.2 Å². The van der Waals surface area contributed by atoms with Gasteiger partial charge in [0.1, 0.15) is 11.8 Å². The van der Waals surface area contributed by atoms with E-state index in [2.05, 4.69) is 17.7 Å². The molecular formula is C22H26Cl2N4OS. The van der Waals surface area contributed by atoms with E-state index in [-0.39, 0.29) is 17.7 Å². The lowest BCUT2D eigenvalue weighted by Crippen LogP contribution is -2.39. The second kappa shape index (κ2) is 10.6. The van der Waals surface area contributed by atoms with Crippen molar-refractivity contribution in [2.24, 2.45) is 11.8 Å². The highest BCUT2D eigenvalue weighted by molar-refractivity contribution is 7.97. The van der Waals surface area contributed by atoms with Crippen molar-refractivity contribution in [2.75, 3.05) is 5.73 Å². The van der Waals surface area contributed by atoms with Gasteiger partial charge in [0, 0.05) is 23.6 Å². The number of nitrogens with one attached hydrogen (secondary N) is 1. The van der Waals surface area contributed by atoms with E-state index in [1.165, 1.54) is 11.9 Å². The molecule has 3 N–H and O–H groups in total. The molecule has 160 valence electrons. The number of aromatic nitrogens is 1. The Balaban J connectivity index is 1.71. The minimum atomic E-state index is -0.336. The van der Waals surface area contributed by atoms with Gasteiger partial charge in [-0.1, -0.05) is 43.0 Å². The third-order valence-corrected chi connectivity index (χ3v) is 7.24. The van der Waals surface area contributed by atoms with Gasteiger partial charge in [0.05, 0.1) is 21.8 Å². The molecular weight excluding hydrogens is 439 g/mol. The van der Waals surface area contributed by atoms with Gasteiger partial charge in [0.2, 0.25) is 0 Å². The largest absolute Gasteiger partial charge is 0.396 e. The maximum atomic E-state index is 13.3. The summed E-state index contributed by atoms with van der Waals surface area (Å²) < 4.78 is 5.21. The van der Waals surface area contributed by atoms with Crippen molar-refractivity contribution >= 4 is 46.6 Å². The first-order valence-corrected chi connectivity index (χ1v) is 11.7. The first-order chi connectivity index (χ1) is 14.4. The molecule has 8 heteroatoms. The molecule has 1 aromatic heterocycles. The van der Waals surface area contributed by atoms with Crippen LogP contribution >= 0.6 is 35.1 Å². The lowest BCUT2D eigenvalue weighted by Gasteiger charge is -2.28. The molecule has 30 heavy (non-hydrogen) atoms. The number of benzene rings is 1.